The van der Waals surface area contributed by atoms with Crippen molar-refractivity contribution in [3.8, 4) is 5.75 Å². The van der Waals surface area contributed by atoms with Gasteiger partial charge >= 0.3 is 0 Å². The highest BCUT2D eigenvalue weighted by molar-refractivity contribution is 5.34. The lowest BCUT2D eigenvalue weighted by molar-refractivity contribution is 0.0505. The quantitative estimate of drug-likeness (QED) is 0.544. The molecule has 0 atom stereocenters. The first-order chi connectivity index (χ1) is 7.24. The molecule has 0 amide bonds. The fourth-order valence-corrected chi connectivity index (χ4v) is 1.25. The van der Waals surface area contributed by atoms with Gasteiger partial charge in [-0.15, -0.1) is 0 Å². The molecule has 0 N–H and O–H groups in total. The summed E-state index contributed by atoms with van der Waals surface area (Å²) in [4.78, 5) is 0. The topological polar surface area (TPSA) is 18.5 Å². The van der Waals surface area contributed by atoms with Gasteiger partial charge in [0.15, 0.2) is 6.79 Å². The number of hydrogen-bond donors (Lipinski definition) is 0. The van der Waals surface area contributed by atoms with Gasteiger partial charge in [0.1, 0.15) is 5.75 Å². The molecule has 0 heterocycles. The van der Waals surface area contributed by atoms with Crippen molar-refractivity contribution in [2.45, 2.75) is 20.3 Å². The Morgan fingerprint density at radius 3 is 2.67 bits per heavy atom. The molecular formula is C13H18O2. The molecule has 1 aromatic carbocycles. The van der Waals surface area contributed by atoms with E-state index in [1.54, 1.807) is 7.11 Å². The van der Waals surface area contributed by atoms with Gasteiger partial charge < -0.3 is 9.47 Å². The molecule has 0 aromatic heterocycles. The van der Waals surface area contributed by atoms with E-state index in [1.807, 2.05) is 18.2 Å². The van der Waals surface area contributed by atoms with E-state index in [1.165, 1.54) is 11.1 Å². The van der Waals surface area contributed by atoms with Crippen molar-refractivity contribution >= 4 is 0 Å². The minimum atomic E-state index is 0.297. The zero-order valence-corrected chi connectivity index (χ0v) is 9.62. The van der Waals surface area contributed by atoms with Crippen LogP contribution >= 0.6 is 0 Å². The summed E-state index contributed by atoms with van der Waals surface area (Å²) in [5.41, 5.74) is 2.51. The third kappa shape index (κ3) is 4.17. The van der Waals surface area contributed by atoms with Crippen molar-refractivity contribution < 1.29 is 9.47 Å². The summed E-state index contributed by atoms with van der Waals surface area (Å²) in [7, 11) is 1.62. The van der Waals surface area contributed by atoms with Crippen LogP contribution in [0, 0.1) is 0 Å². The molecule has 0 aliphatic rings. The first-order valence-corrected chi connectivity index (χ1v) is 5.07. The lowest BCUT2D eigenvalue weighted by Gasteiger charge is -2.09. The predicted molar refractivity (Wildman–Crippen MR) is 62.1 cm³/mol. The van der Waals surface area contributed by atoms with Crippen LogP contribution in [0.1, 0.15) is 19.4 Å². The summed E-state index contributed by atoms with van der Waals surface area (Å²) in [6.45, 7) is 4.49. The standard InChI is InChI=1S/C13H18O2/c1-11(2)8-9-12-6-4-5-7-13(12)15-10-14-3/h4-8H,9-10H2,1-3H3. The molecule has 2 nitrogen and oxygen atoms in total. The Balaban J connectivity index is 2.72. The van der Waals surface area contributed by atoms with Crippen LogP contribution in [-0.4, -0.2) is 13.9 Å². The Morgan fingerprint density at radius 2 is 2.00 bits per heavy atom. The van der Waals surface area contributed by atoms with E-state index < -0.39 is 0 Å². The van der Waals surface area contributed by atoms with E-state index in [2.05, 4.69) is 26.0 Å². The highest BCUT2D eigenvalue weighted by Gasteiger charge is 2.00. The molecule has 0 unspecified atom stereocenters. The zero-order chi connectivity index (χ0) is 11.1. The minimum absolute atomic E-state index is 0.297. The number of ether oxygens (including phenoxy) is 2. The van der Waals surface area contributed by atoms with Crippen LogP contribution in [0.3, 0.4) is 0 Å². The number of hydrogen-bond acceptors (Lipinski definition) is 2. The van der Waals surface area contributed by atoms with E-state index in [0.717, 1.165) is 12.2 Å². The molecule has 0 saturated carbocycles. The average molecular weight is 206 g/mol. The Labute approximate surface area is 91.5 Å². The Hall–Kier alpha value is -1.28. The van der Waals surface area contributed by atoms with Gasteiger partial charge in [-0.05, 0) is 31.9 Å². The maximum absolute atomic E-state index is 5.47. The molecule has 0 bridgehead atoms. The van der Waals surface area contributed by atoms with Gasteiger partial charge in [-0.1, -0.05) is 29.8 Å². The summed E-state index contributed by atoms with van der Waals surface area (Å²) in [5.74, 6) is 0.900. The monoisotopic (exact) mass is 206 g/mol. The third-order valence-corrected chi connectivity index (χ3v) is 2.04. The lowest BCUT2D eigenvalue weighted by Crippen LogP contribution is -2.01. The maximum Gasteiger partial charge on any atom is 0.188 e. The molecule has 0 aliphatic carbocycles. The van der Waals surface area contributed by atoms with Crippen molar-refractivity contribution in [1.29, 1.82) is 0 Å². The van der Waals surface area contributed by atoms with Crippen LogP contribution in [0.5, 0.6) is 5.75 Å². The first kappa shape index (κ1) is 11.8. The van der Waals surface area contributed by atoms with Gasteiger partial charge in [-0.25, -0.2) is 0 Å². The smallest absolute Gasteiger partial charge is 0.188 e. The van der Waals surface area contributed by atoms with Crippen molar-refractivity contribution in [2.75, 3.05) is 13.9 Å². The molecule has 0 spiro atoms. The van der Waals surface area contributed by atoms with Gasteiger partial charge in [0.2, 0.25) is 0 Å². The van der Waals surface area contributed by atoms with E-state index >= 15 is 0 Å². The molecule has 0 fully saturated rings. The second kappa shape index (κ2) is 6.25. The first-order valence-electron chi connectivity index (χ1n) is 5.07. The Morgan fingerprint density at radius 1 is 1.27 bits per heavy atom. The fourth-order valence-electron chi connectivity index (χ4n) is 1.25. The minimum Gasteiger partial charge on any atom is -0.467 e. The number of para-hydroxylation sites is 1. The van der Waals surface area contributed by atoms with E-state index in [4.69, 9.17) is 9.47 Å². The van der Waals surface area contributed by atoms with Crippen molar-refractivity contribution in [2.24, 2.45) is 0 Å². The second-order valence-corrected chi connectivity index (χ2v) is 3.64. The Kier molecular flexibility index (Phi) is 4.91. The van der Waals surface area contributed by atoms with Crippen LogP contribution in [0.25, 0.3) is 0 Å². The van der Waals surface area contributed by atoms with Crippen molar-refractivity contribution in [3.05, 3.63) is 41.5 Å². The highest BCUT2D eigenvalue weighted by atomic mass is 16.7. The number of methoxy groups -OCH3 is 1. The highest BCUT2D eigenvalue weighted by Crippen LogP contribution is 2.19. The summed E-state index contributed by atoms with van der Waals surface area (Å²) in [6, 6.07) is 8.03. The maximum atomic E-state index is 5.47. The molecule has 1 rings (SSSR count). The SMILES string of the molecule is COCOc1ccccc1CC=C(C)C. The van der Waals surface area contributed by atoms with E-state index in [9.17, 15) is 0 Å². The summed E-state index contributed by atoms with van der Waals surface area (Å²) in [5, 5.41) is 0. The molecule has 0 radical (unpaired) electrons. The van der Waals surface area contributed by atoms with Gasteiger partial charge in [-0.3, -0.25) is 0 Å². The molecule has 0 saturated heterocycles. The van der Waals surface area contributed by atoms with Crippen LogP contribution in [0.2, 0.25) is 0 Å². The normalized spacial score (nSPS) is 9.80. The summed E-state index contributed by atoms with van der Waals surface area (Å²) >= 11 is 0. The third-order valence-electron chi connectivity index (χ3n) is 2.04. The Bertz CT molecular complexity index is 325. The van der Waals surface area contributed by atoms with Crippen molar-refractivity contribution in [1.82, 2.24) is 0 Å². The molecule has 0 aliphatic heterocycles. The summed E-state index contributed by atoms with van der Waals surface area (Å²) in [6.07, 6.45) is 3.09. The van der Waals surface area contributed by atoms with Gasteiger partial charge in [-0.2, -0.15) is 0 Å². The zero-order valence-electron chi connectivity index (χ0n) is 9.62. The van der Waals surface area contributed by atoms with Crippen molar-refractivity contribution in [3.63, 3.8) is 0 Å². The molecule has 15 heavy (non-hydrogen) atoms. The summed E-state index contributed by atoms with van der Waals surface area (Å²) < 4.78 is 10.4. The molecule has 1 aromatic rings. The van der Waals surface area contributed by atoms with Gasteiger partial charge in [0, 0.05) is 7.11 Å². The van der Waals surface area contributed by atoms with Crippen LogP contribution in [0.15, 0.2) is 35.9 Å². The number of allylic oxidation sites excluding steroid dienone is 2. The number of rotatable bonds is 5. The second-order valence-electron chi connectivity index (χ2n) is 3.64. The molecular weight excluding hydrogens is 188 g/mol. The van der Waals surface area contributed by atoms with Gasteiger partial charge in [0.05, 0.1) is 0 Å². The largest absolute Gasteiger partial charge is 0.467 e. The van der Waals surface area contributed by atoms with Crippen LogP contribution in [-0.2, 0) is 11.2 Å². The lowest BCUT2D eigenvalue weighted by atomic mass is 10.1. The van der Waals surface area contributed by atoms with E-state index in [0.29, 0.717) is 6.79 Å². The number of benzene rings is 1. The fraction of sp³-hybridized carbons (Fsp3) is 0.385. The van der Waals surface area contributed by atoms with Crippen LogP contribution < -0.4 is 4.74 Å². The van der Waals surface area contributed by atoms with E-state index in [-0.39, 0.29) is 0 Å². The van der Waals surface area contributed by atoms with Gasteiger partial charge in [0.25, 0.3) is 0 Å². The predicted octanol–water partition coefficient (Wildman–Crippen LogP) is 3.18. The molecule has 82 valence electrons. The average Bonchev–Trinajstić information content (AvgIpc) is 2.24. The molecule has 2 heteroatoms. The van der Waals surface area contributed by atoms with Crippen LogP contribution in [0.4, 0.5) is 0 Å².